The molecule has 0 radical (unpaired) electrons. The molecule has 3 aromatic rings. The van der Waals surface area contributed by atoms with E-state index in [1.165, 1.54) is 21.3 Å². The molecule has 0 unspecified atom stereocenters. The van der Waals surface area contributed by atoms with Gasteiger partial charge in [-0.3, -0.25) is 9.59 Å². The number of rotatable bonds is 6. The van der Waals surface area contributed by atoms with Crippen LogP contribution in [0.5, 0.6) is 17.2 Å². The number of ketones is 1. The van der Waals surface area contributed by atoms with Gasteiger partial charge in [-0.05, 0) is 36.4 Å². The SMILES string of the molecule is COc1cccc(C(=O)[C@@H]2C(c3ccc(OC)c(OC)c3)=NO[C@@]23C(=O)Nc2ccccc23)c1. The summed E-state index contributed by atoms with van der Waals surface area (Å²) >= 11 is 0. The molecule has 3 aromatic carbocycles. The third-order valence-electron chi connectivity index (χ3n) is 6.18. The van der Waals surface area contributed by atoms with E-state index in [2.05, 4.69) is 10.5 Å². The largest absolute Gasteiger partial charge is 0.497 e. The molecule has 8 nitrogen and oxygen atoms in total. The fourth-order valence-electron chi connectivity index (χ4n) is 4.52. The number of methoxy groups -OCH3 is 3. The van der Waals surface area contributed by atoms with E-state index in [1.54, 1.807) is 60.7 Å². The highest BCUT2D eigenvalue weighted by molar-refractivity contribution is 6.25. The monoisotopic (exact) mass is 458 g/mol. The lowest BCUT2D eigenvalue weighted by Crippen LogP contribution is -2.46. The van der Waals surface area contributed by atoms with Crippen molar-refractivity contribution in [3.63, 3.8) is 0 Å². The maximum atomic E-state index is 14.0. The zero-order chi connectivity index (χ0) is 23.9. The summed E-state index contributed by atoms with van der Waals surface area (Å²) in [4.78, 5) is 33.3. The zero-order valence-electron chi connectivity index (χ0n) is 18.8. The number of hydrogen-bond acceptors (Lipinski definition) is 7. The van der Waals surface area contributed by atoms with Crippen molar-refractivity contribution in [1.29, 1.82) is 0 Å². The lowest BCUT2D eigenvalue weighted by atomic mass is 9.74. The number of para-hydroxylation sites is 1. The van der Waals surface area contributed by atoms with E-state index in [0.29, 0.717) is 45.3 Å². The van der Waals surface area contributed by atoms with Gasteiger partial charge < -0.3 is 24.4 Å². The van der Waals surface area contributed by atoms with Crippen molar-refractivity contribution in [1.82, 2.24) is 0 Å². The fraction of sp³-hybridized carbons (Fsp3) is 0.192. The van der Waals surface area contributed by atoms with Crippen molar-refractivity contribution in [3.8, 4) is 17.2 Å². The van der Waals surface area contributed by atoms with E-state index in [1.807, 2.05) is 6.07 Å². The molecule has 1 N–H and O–H groups in total. The van der Waals surface area contributed by atoms with Gasteiger partial charge in [0.2, 0.25) is 0 Å². The molecule has 0 saturated heterocycles. The first-order valence-corrected chi connectivity index (χ1v) is 10.6. The van der Waals surface area contributed by atoms with Crippen LogP contribution < -0.4 is 19.5 Å². The Kier molecular flexibility index (Phi) is 5.20. The topological polar surface area (TPSA) is 95.5 Å². The highest BCUT2D eigenvalue weighted by Gasteiger charge is 2.63. The van der Waals surface area contributed by atoms with E-state index in [9.17, 15) is 9.59 Å². The third kappa shape index (κ3) is 3.10. The Morgan fingerprint density at radius 3 is 2.50 bits per heavy atom. The molecule has 2 aliphatic heterocycles. The third-order valence-corrected chi connectivity index (χ3v) is 6.18. The lowest BCUT2D eigenvalue weighted by Gasteiger charge is -2.27. The summed E-state index contributed by atoms with van der Waals surface area (Å²) in [6, 6.07) is 19.1. The predicted molar refractivity (Wildman–Crippen MR) is 125 cm³/mol. The van der Waals surface area contributed by atoms with Crippen molar-refractivity contribution in [3.05, 3.63) is 83.4 Å². The van der Waals surface area contributed by atoms with Crippen molar-refractivity contribution >= 4 is 23.1 Å². The van der Waals surface area contributed by atoms with Gasteiger partial charge >= 0.3 is 0 Å². The smallest absolute Gasteiger partial charge is 0.277 e. The molecule has 0 saturated carbocycles. The van der Waals surface area contributed by atoms with Crippen LogP contribution in [0.3, 0.4) is 0 Å². The van der Waals surface area contributed by atoms with Crippen molar-refractivity contribution in [2.24, 2.45) is 11.1 Å². The second kappa shape index (κ2) is 8.22. The number of nitrogens with zero attached hydrogens (tertiary/aromatic N) is 1. The van der Waals surface area contributed by atoms with E-state index in [-0.39, 0.29) is 5.78 Å². The molecule has 2 heterocycles. The molecule has 1 spiro atoms. The minimum absolute atomic E-state index is 0.320. The maximum Gasteiger partial charge on any atom is 0.277 e. The van der Waals surface area contributed by atoms with Gasteiger partial charge in [0.1, 0.15) is 17.4 Å². The molecule has 0 fully saturated rings. The van der Waals surface area contributed by atoms with Crippen LogP contribution in [-0.4, -0.2) is 38.7 Å². The van der Waals surface area contributed by atoms with Gasteiger partial charge in [0, 0.05) is 22.4 Å². The van der Waals surface area contributed by atoms with Crippen LogP contribution in [0.4, 0.5) is 5.69 Å². The number of ether oxygens (including phenoxy) is 3. The minimum Gasteiger partial charge on any atom is -0.497 e. The van der Waals surface area contributed by atoms with Gasteiger partial charge in [-0.25, -0.2) is 0 Å². The van der Waals surface area contributed by atoms with E-state index in [0.717, 1.165) is 0 Å². The number of benzene rings is 3. The van der Waals surface area contributed by atoms with Gasteiger partial charge in [-0.15, -0.1) is 0 Å². The summed E-state index contributed by atoms with van der Waals surface area (Å²) in [5.74, 6) is -0.306. The Morgan fingerprint density at radius 1 is 0.941 bits per heavy atom. The van der Waals surface area contributed by atoms with Crippen molar-refractivity contribution in [2.45, 2.75) is 5.60 Å². The summed E-state index contributed by atoms with van der Waals surface area (Å²) in [6.07, 6.45) is 0. The molecule has 34 heavy (non-hydrogen) atoms. The Balaban J connectivity index is 1.69. The van der Waals surface area contributed by atoms with E-state index in [4.69, 9.17) is 19.0 Å². The van der Waals surface area contributed by atoms with Gasteiger partial charge in [0.25, 0.3) is 11.5 Å². The second-order valence-electron chi connectivity index (χ2n) is 7.90. The number of carbonyl (C=O) groups excluding carboxylic acids is 2. The zero-order valence-corrected chi connectivity index (χ0v) is 18.8. The Morgan fingerprint density at radius 2 is 1.74 bits per heavy atom. The standard InChI is InChI=1S/C26H22N2O6/c1-31-17-8-6-7-16(13-17)24(29)22-23(15-11-12-20(32-2)21(14-15)33-3)28-34-26(22)18-9-4-5-10-19(18)27-25(26)30/h4-14,22H,1-3H3,(H,27,30)/t22-,26+/m0/s1. The number of oxime groups is 1. The molecule has 5 rings (SSSR count). The average Bonchev–Trinajstić information content (AvgIpc) is 3.42. The molecule has 0 aliphatic carbocycles. The maximum absolute atomic E-state index is 14.0. The first-order chi connectivity index (χ1) is 16.5. The molecular weight excluding hydrogens is 436 g/mol. The highest BCUT2D eigenvalue weighted by Crippen LogP contribution is 2.50. The first kappa shape index (κ1) is 21.5. The van der Waals surface area contributed by atoms with Crippen LogP contribution in [0.25, 0.3) is 0 Å². The molecule has 0 aromatic heterocycles. The van der Waals surface area contributed by atoms with E-state index < -0.39 is 17.4 Å². The Labute approximate surface area is 196 Å². The number of Topliss-reactive ketones (excluding diaryl/α,β-unsaturated/α-hetero) is 1. The van der Waals surface area contributed by atoms with Crippen LogP contribution in [0.2, 0.25) is 0 Å². The Bertz CT molecular complexity index is 1330. The molecule has 1 amide bonds. The number of nitrogens with one attached hydrogen (secondary N) is 1. The normalized spacial score (nSPS) is 20.3. The fourth-order valence-corrected chi connectivity index (χ4v) is 4.52. The summed E-state index contributed by atoms with van der Waals surface area (Å²) in [6.45, 7) is 0. The van der Waals surface area contributed by atoms with E-state index >= 15 is 0 Å². The van der Waals surface area contributed by atoms with Gasteiger partial charge in [-0.1, -0.05) is 35.5 Å². The van der Waals surface area contributed by atoms with Crippen LogP contribution in [0.15, 0.2) is 71.9 Å². The number of hydrogen-bond donors (Lipinski definition) is 1. The number of fused-ring (bicyclic) bond motifs is 2. The summed E-state index contributed by atoms with van der Waals surface area (Å²) < 4.78 is 16.1. The van der Waals surface area contributed by atoms with Gasteiger partial charge in [0.15, 0.2) is 17.3 Å². The highest BCUT2D eigenvalue weighted by atomic mass is 16.7. The lowest BCUT2D eigenvalue weighted by molar-refractivity contribution is -0.140. The van der Waals surface area contributed by atoms with Crippen LogP contribution in [-0.2, 0) is 15.2 Å². The molecule has 172 valence electrons. The quantitative estimate of drug-likeness (QED) is 0.565. The average molecular weight is 458 g/mol. The van der Waals surface area contributed by atoms with Crippen LogP contribution >= 0.6 is 0 Å². The summed E-state index contributed by atoms with van der Waals surface area (Å²) in [7, 11) is 4.59. The predicted octanol–water partition coefficient (Wildman–Crippen LogP) is 3.79. The number of amides is 1. The van der Waals surface area contributed by atoms with Crippen molar-refractivity contribution < 1.29 is 28.6 Å². The molecular formula is C26H22N2O6. The van der Waals surface area contributed by atoms with Gasteiger partial charge in [-0.2, -0.15) is 0 Å². The molecule has 8 heteroatoms. The second-order valence-corrected chi connectivity index (χ2v) is 7.90. The van der Waals surface area contributed by atoms with Crippen LogP contribution in [0, 0.1) is 5.92 Å². The van der Waals surface area contributed by atoms with Crippen LogP contribution in [0.1, 0.15) is 21.5 Å². The summed E-state index contributed by atoms with van der Waals surface area (Å²) in [5, 5.41) is 7.14. The molecule has 0 bridgehead atoms. The number of anilines is 1. The number of carbonyl (C=O) groups is 2. The minimum atomic E-state index is -1.64. The molecule has 2 aliphatic rings. The van der Waals surface area contributed by atoms with Gasteiger partial charge in [0.05, 0.1) is 21.3 Å². The molecule has 2 atom stereocenters. The first-order valence-electron chi connectivity index (χ1n) is 10.6. The Hall–Kier alpha value is -4.33. The van der Waals surface area contributed by atoms with Crippen molar-refractivity contribution in [2.75, 3.05) is 26.6 Å². The summed E-state index contributed by atoms with van der Waals surface area (Å²) in [5.41, 5.74) is 0.771.